The molecule has 0 saturated heterocycles. The van der Waals surface area contributed by atoms with Crippen LogP contribution in [0.5, 0.6) is 11.5 Å². The van der Waals surface area contributed by atoms with Crippen molar-refractivity contribution in [2.24, 2.45) is 0 Å². The van der Waals surface area contributed by atoms with Crippen LogP contribution in [0.2, 0.25) is 0 Å². The van der Waals surface area contributed by atoms with Gasteiger partial charge in [-0.25, -0.2) is 0 Å². The van der Waals surface area contributed by atoms with Gasteiger partial charge in [-0.2, -0.15) is 0 Å². The lowest BCUT2D eigenvalue weighted by Gasteiger charge is -2.08. The quantitative estimate of drug-likeness (QED) is 0.806. The molecule has 0 N–H and O–H groups in total. The minimum atomic E-state index is -1.18. The number of hydrogen-bond acceptors (Lipinski definition) is 4. The highest BCUT2D eigenvalue weighted by molar-refractivity contribution is 5.85. The highest BCUT2D eigenvalue weighted by atomic mass is 16.5. The molecule has 0 saturated carbocycles. The Balaban J connectivity index is 1.92. The van der Waals surface area contributed by atoms with E-state index in [0.29, 0.717) is 13.2 Å². The van der Waals surface area contributed by atoms with E-state index in [-0.39, 0.29) is 5.56 Å². The smallest absolute Gasteiger partial charge is 0.120 e. The molecule has 0 atom stereocenters. The largest absolute Gasteiger partial charge is 0.545 e. The van der Waals surface area contributed by atoms with Crippen molar-refractivity contribution < 1.29 is 19.4 Å². The Bertz CT molecular complexity index is 558. The first-order chi connectivity index (χ1) is 9.69. The van der Waals surface area contributed by atoms with Crippen LogP contribution >= 0.6 is 0 Å². The number of aromatic carboxylic acids is 1. The van der Waals surface area contributed by atoms with Crippen LogP contribution < -0.4 is 14.6 Å². The Morgan fingerprint density at radius 2 is 1.50 bits per heavy atom. The topological polar surface area (TPSA) is 58.6 Å². The van der Waals surface area contributed by atoms with Crippen LogP contribution in [-0.4, -0.2) is 12.6 Å². The molecule has 4 heteroatoms. The van der Waals surface area contributed by atoms with E-state index < -0.39 is 5.97 Å². The first-order valence-corrected chi connectivity index (χ1v) is 6.35. The maximum Gasteiger partial charge on any atom is 0.120 e. The number of rotatable bonds is 6. The fourth-order valence-corrected chi connectivity index (χ4v) is 1.70. The summed E-state index contributed by atoms with van der Waals surface area (Å²) in [6, 6.07) is 13.8. The van der Waals surface area contributed by atoms with Crippen LogP contribution in [0.1, 0.15) is 22.8 Å². The molecule has 0 amide bonds. The average Bonchev–Trinajstić information content (AvgIpc) is 2.47. The molecule has 4 nitrogen and oxygen atoms in total. The van der Waals surface area contributed by atoms with Gasteiger partial charge >= 0.3 is 0 Å². The first-order valence-electron chi connectivity index (χ1n) is 6.35. The Kier molecular flexibility index (Phi) is 4.60. The van der Waals surface area contributed by atoms with Crippen LogP contribution in [0.3, 0.4) is 0 Å². The molecule has 0 aliphatic carbocycles. The number of carbonyl (C=O) groups is 1. The molecular formula is C16H15O4-. The first kappa shape index (κ1) is 13.9. The van der Waals surface area contributed by atoms with E-state index in [4.69, 9.17) is 9.47 Å². The minimum absolute atomic E-state index is 0.162. The number of carbonyl (C=O) groups excluding carboxylic acids is 1. The Labute approximate surface area is 117 Å². The Morgan fingerprint density at radius 3 is 2.00 bits per heavy atom. The standard InChI is InChI=1S/C16H16O4/c1-2-19-14-7-9-15(10-8-14)20-11-12-3-5-13(6-4-12)16(17)18/h3-10H,2,11H2,1H3,(H,17,18)/p-1. The number of carboxylic acids is 1. The van der Waals surface area contributed by atoms with E-state index in [1.807, 2.05) is 31.2 Å². The minimum Gasteiger partial charge on any atom is -0.545 e. The molecule has 0 fully saturated rings. The van der Waals surface area contributed by atoms with Crippen LogP contribution in [0.15, 0.2) is 48.5 Å². The maximum absolute atomic E-state index is 10.6. The van der Waals surface area contributed by atoms with Crippen molar-refractivity contribution in [2.45, 2.75) is 13.5 Å². The second-order valence-electron chi connectivity index (χ2n) is 4.18. The van der Waals surface area contributed by atoms with Crippen molar-refractivity contribution in [3.05, 3.63) is 59.7 Å². The number of benzene rings is 2. The fraction of sp³-hybridized carbons (Fsp3) is 0.188. The molecule has 0 aliphatic heterocycles. The van der Waals surface area contributed by atoms with Gasteiger partial charge in [0.1, 0.15) is 18.1 Å². The van der Waals surface area contributed by atoms with Gasteiger partial charge in [0.2, 0.25) is 0 Å². The highest BCUT2D eigenvalue weighted by Gasteiger charge is 1.99. The van der Waals surface area contributed by atoms with E-state index in [1.165, 1.54) is 12.1 Å². The van der Waals surface area contributed by atoms with E-state index in [2.05, 4.69) is 0 Å². The third-order valence-electron chi connectivity index (χ3n) is 2.73. The van der Waals surface area contributed by atoms with Crippen molar-refractivity contribution in [1.82, 2.24) is 0 Å². The third-order valence-corrected chi connectivity index (χ3v) is 2.73. The second kappa shape index (κ2) is 6.61. The predicted molar refractivity (Wildman–Crippen MR) is 72.7 cm³/mol. The van der Waals surface area contributed by atoms with Crippen LogP contribution in [0, 0.1) is 0 Å². The molecule has 0 aromatic heterocycles. The van der Waals surface area contributed by atoms with Gasteiger partial charge in [-0.15, -0.1) is 0 Å². The molecular weight excluding hydrogens is 256 g/mol. The molecule has 0 spiro atoms. The summed E-state index contributed by atoms with van der Waals surface area (Å²) < 4.78 is 10.9. The highest BCUT2D eigenvalue weighted by Crippen LogP contribution is 2.18. The lowest BCUT2D eigenvalue weighted by atomic mass is 10.1. The van der Waals surface area contributed by atoms with Gasteiger partial charge in [-0.3, -0.25) is 0 Å². The van der Waals surface area contributed by atoms with Gasteiger partial charge in [0, 0.05) is 0 Å². The lowest BCUT2D eigenvalue weighted by molar-refractivity contribution is -0.255. The summed E-state index contributed by atoms with van der Waals surface area (Å²) in [5.41, 5.74) is 1.05. The summed E-state index contributed by atoms with van der Waals surface area (Å²) >= 11 is 0. The van der Waals surface area contributed by atoms with Gasteiger partial charge in [0.15, 0.2) is 0 Å². The molecule has 0 bridgehead atoms. The summed E-state index contributed by atoms with van der Waals surface area (Å²) in [5, 5.41) is 10.6. The zero-order chi connectivity index (χ0) is 14.4. The molecule has 104 valence electrons. The summed E-state index contributed by atoms with van der Waals surface area (Å²) in [7, 11) is 0. The van der Waals surface area contributed by atoms with E-state index in [0.717, 1.165) is 17.1 Å². The Hall–Kier alpha value is -2.49. The second-order valence-corrected chi connectivity index (χ2v) is 4.18. The van der Waals surface area contributed by atoms with Crippen molar-refractivity contribution >= 4 is 5.97 Å². The summed E-state index contributed by atoms with van der Waals surface area (Å²) in [6.07, 6.45) is 0. The summed E-state index contributed by atoms with van der Waals surface area (Å²) in [6.45, 7) is 2.94. The van der Waals surface area contributed by atoms with Crippen LogP contribution in [-0.2, 0) is 6.61 Å². The van der Waals surface area contributed by atoms with Crippen molar-refractivity contribution in [3.63, 3.8) is 0 Å². The zero-order valence-electron chi connectivity index (χ0n) is 11.2. The van der Waals surface area contributed by atoms with Gasteiger partial charge in [-0.1, -0.05) is 24.3 Å². The van der Waals surface area contributed by atoms with Gasteiger partial charge in [0.05, 0.1) is 12.6 Å². The van der Waals surface area contributed by atoms with E-state index >= 15 is 0 Å². The summed E-state index contributed by atoms with van der Waals surface area (Å²) in [4.78, 5) is 10.6. The van der Waals surface area contributed by atoms with E-state index in [9.17, 15) is 9.90 Å². The molecule has 0 radical (unpaired) electrons. The van der Waals surface area contributed by atoms with Gasteiger partial charge < -0.3 is 19.4 Å². The van der Waals surface area contributed by atoms with Crippen LogP contribution in [0.4, 0.5) is 0 Å². The molecule has 2 aromatic carbocycles. The van der Waals surface area contributed by atoms with E-state index in [1.54, 1.807) is 12.1 Å². The Morgan fingerprint density at radius 1 is 0.950 bits per heavy atom. The molecule has 20 heavy (non-hydrogen) atoms. The third kappa shape index (κ3) is 3.75. The molecule has 0 heterocycles. The number of ether oxygens (including phenoxy) is 2. The van der Waals surface area contributed by atoms with Crippen molar-refractivity contribution in [1.29, 1.82) is 0 Å². The number of carboxylic acid groups (broad SMARTS) is 1. The maximum atomic E-state index is 10.6. The predicted octanol–water partition coefficient (Wildman–Crippen LogP) is 2.03. The fourth-order valence-electron chi connectivity index (χ4n) is 1.70. The van der Waals surface area contributed by atoms with Gasteiger partial charge in [0.25, 0.3) is 0 Å². The van der Waals surface area contributed by atoms with Crippen molar-refractivity contribution in [2.75, 3.05) is 6.61 Å². The monoisotopic (exact) mass is 271 g/mol. The molecule has 0 unspecified atom stereocenters. The molecule has 2 aromatic rings. The average molecular weight is 271 g/mol. The normalized spacial score (nSPS) is 10.1. The lowest BCUT2D eigenvalue weighted by Crippen LogP contribution is -2.22. The number of hydrogen-bond donors (Lipinski definition) is 0. The zero-order valence-corrected chi connectivity index (χ0v) is 11.2. The van der Waals surface area contributed by atoms with Crippen molar-refractivity contribution in [3.8, 4) is 11.5 Å². The molecule has 2 rings (SSSR count). The van der Waals surface area contributed by atoms with Gasteiger partial charge in [-0.05, 0) is 42.3 Å². The summed E-state index contributed by atoms with van der Waals surface area (Å²) in [5.74, 6) is 0.361. The molecule has 0 aliphatic rings. The van der Waals surface area contributed by atoms with Crippen LogP contribution in [0.25, 0.3) is 0 Å². The SMILES string of the molecule is CCOc1ccc(OCc2ccc(C(=O)[O-])cc2)cc1.